The second-order valence-electron chi connectivity index (χ2n) is 4.15. The lowest BCUT2D eigenvalue weighted by atomic mass is 9.94. The Hall–Kier alpha value is -0.730. The minimum absolute atomic E-state index is 0.184. The third-order valence-electron chi connectivity index (χ3n) is 2.70. The van der Waals surface area contributed by atoms with Gasteiger partial charge in [-0.2, -0.15) is 0 Å². The van der Waals surface area contributed by atoms with E-state index in [1.54, 1.807) is 20.1 Å². The van der Waals surface area contributed by atoms with Crippen LogP contribution in [0.25, 0.3) is 0 Å². The van der Waals surface area contributed by atoms with Crippen molar-refractivity contribution < 1.29 is 9.53 Å². The number of rotatable bonds is 5. The van der Waals surface area contributed by atoms with E-state index in [0.29, 0.717) is 22.2 Å². The number of ketones is 1. The van der Waals surface area contributed by atoms with Gasteiger partial charge in [-0.15, -0.1) is 0 Å². The van der Waals surface area contributed by atoms with E-state index in [1.165, 1.54) is 0 Å². The Bertz CT molecular complexity index is 416. The highest BCUT2D eigenvalue weighted by molar-refractivity contribution is 6.35. The molecule has 0 aliphatic heterocycles. The van der Waals surface area contributed by atoms with E-state index >= 15 is 0 Å². The summed E-state index contributed by atoms with van der Waals surface area (Å²) in [6, 6.07) is 3.50. The van der Waals surface area contributed by atoms with Crippen LogP contribution in [0, 0.1) is 0 Å². The minimum atomic E-state index is 0.184. The summed E-state index contributed by atoms with van der Waals surface area (Å²) in [7, 11) is 1.58. The van der Waals surface area contributed by atoms with Gasteiger partial charge in [0.2, 0.25) is 0 Å². The highest BCUT2D eigenvalue weighted by atomic mass is 35.5. The molecule has 0 aliphatic carbocycles. The zero-order valence-electron chi connectivity index (χ0n) is 10.2. The summed E-state index contributed by atoms with van der Waals surface area (Å²) in [5.41, 5.74) is 0.950. The third kappa shape index (κ3) is 3.90. The molecule has 0 N–H and O–H groups in total. The minimum Gasteiger partial charge on any atom is -0.495 e. The Kier molecular flexibility index (Phi) is 5.29. The number of carbonyl (C=O) groups excluding carboxylic acids is 1. The topological polar surface area (TPSA) is 26.3 Å². The normalized spacial score (nSPS) is 12.3. The predicted molar refractivity (Wildman–Crippen MR) is 71.3 cm³/mol. The van der Waals surface area contributed by atoms with Gasteiger partial charge in [0.15, 0.2) is 0 Å². The molecule has 0 saturated heterocycles. The molecular weight excluding hydrogens is 259 g/mol. The number of methoxy groups -OCH3 is 1. The number of ether oxygens (including phenoxy) is 1. The summed E-state index contributed by atoms with van der Waals surface area (Å²) >= 11 is 12.0. The van der Waals surface area contributed by atoms with E-state index < -0.39 is 0 Å². The van der Waals surface area contributed by atoms with Crippen molar-refractivity contribution in [3.63, 3.8) is 0 Å². The van der Waals surface area contributed by atoms with Crippen LogP contribution in [-0.2, 0) is 4.79 Å². The van der Waals surface area contributed by atoms with Crippen LogP contribution in [0.5, 0.6) is 5.75 Å². The van der Waals surface area contributed by atoms with Gasteiger partial charge in [-0.3, -0.25) is 0 Å². The number of hydrogen-bond donors (Lipinski definition) is 0. The van der Waals surface area contributed by atoms with Gasteiger partial charge in [0.1, 0.15) is 11.5 Å². The lowest BCUT2D eigenvalue weighted by Gasteiger charge is -2.16. The average molecular weight is 275 g/mol. The molecule has 0 spiro atoms. The van der Waals surface area contributed by atoms with Crippen molar-refractivity contribution in [1.82, 2.24) is 0 Å². The fourth-order valence-electron chi connectivity index (χ4n) is 1.74. The summed E-state index contributed by atoms with van der Waals surface area (Å²) in [6.07, 6.45) is 1.32. The smallest absolute Gasteiger partial charge is 0.141 e. The highest BCUT2D eigenvalue weighted by Crippen LogP contribution is 2.37. The van der Waals surface area contributed by atoms with Crippen molar-refractivity contribution in [3.8, 4) is 5.75 Å². The van der Waals surface area contributed by atoms with Gasteiger partial charge in [0.05, 0.1) is 12.1 Å². The van der Waals surface area contributed by atoms with E-state index in [4.69, 9.17) is 27.9 Å². The molecule has 0 heterocycles. The summed E-state index contributed by atoms with van der Waals surface area (Å²) < 4.78 is 5.28. The maximum Gasteiger partial charge on any atom is 0.141 e. The average Bonchev–Trinajstić information content (AvgIpc) is 2.24. The molecule has 1 unspecified atom stereocenters. The molecule has 17 heavy (non-hydrogen) atoms. The van der Waals surface area contributed by atoms with Crippen LogP contribution in [0.1, 0.15) is 38.2 Å². The van der Waals surface area contributed by atoms with Crippen molar-refractivity contribution in [1.29, 1.82) is 0 Å². The first kappa shape index (κ1) is 14.3. The van der Waals surface area contributed by atoms with Crippen LogP contribution < -0.4 is 4.74 Å². The SMILES string of the molecule is COc1c(Cl)cc(Cl)cc1C(C)CCC(C)=O. The molecule has 2 nitrogen and oxygen atoms in total. The van der Waals surface area contributed by atoms with Crippen LogP contribution in [0.2, 0.25) is 10.0 Å². The molecule has 0 saturated carbocycles. The molecule has 0 amide bonds. The Balaban J connectivity index is 2.98. The second kappa shape index (κ2) is 6.27. The number of halogens is 2. The third-order valence-corrected chi connectivity index (χ3v) is 3.20. The van der Waals surface area contributed by atoms with Gasteiger partial charge in [0.25, 0.3) is 0 Å². The van der Waals surface area contributed by atoms with Crippen molar-refractivity contribution in [3.05, 3.63) is 27.7 Å². The van der Waals surface area contributed by atoms with Crippen molar-refractivity contribution in [2.45, 2.75) is 32.6 Å². The summed E-state index contributed by atoms with van der Waals surface area (Å²) in [5.74, 6) is 1.01. The summed E-state index contributed by atoms with van der Waals surface area (Å²) in [4.78, 5) is 11.0. The predicted octanol–water partition coefficient (Wildman–Crippen LogP) is 4.47. The van der Waals surface area contributed by atoms with Gasteiger partial charge in [-0.1, -0.05) is 30.1 Å². The molecule has 0 radical (unpaired) electrons. The Morgan fingerprint density at radius 2 is 2.06 bits per heavy atom. The maximum atomic E-state index is 11.0. The van der Waals surface area contributed by atoms with Crippen LogP contribution in [0.15, 0.2) is 12.1 Å². The monoisotopic (exact) mass is 274 g/mol. The van der Waals surface area contributed by atoms with Crippen LogP contribution >= 0.6 is 23.2 Å². The molecule has 1 atom stereocenters. The lowest BCUT2D eigenvalue weighted by molar-refractivity contribution is -0.117. The van der Waals surface area contributed by atoms with E-state index in [1.807, 2.05) is 13.0 Å². The Morgan fingerprint density at radius 3 is 2.59 bits per heavy atom. The zero-order chi connectivity index (χ0) is 13.0. The number of Topliss-reactive ketones (excluding diaryl/α,β-unsaturated/α-hetero) is 1. The second-order valence-corrected chi connectivity index (χ2v) is 5.00. The van der Waals surface area contributed by atoms with Crippen molar-refractivity contribution in [2.75, 3.05) is 7.11 Å². The molecule has 0 aliphatic rings. The molecule has 0 aromatic heterocycles. The quantitative estimate of drug-likeness (QED) is 0.792. The van der Waals surface area contributed by atoms with E-state index in [9.17, 15) is 4.79 Å². The van der Waals surface area contributed by atoms with Crippen LogP contribution in [-0.4, -0.2) is 12.9 Å². The largest absolute Gasteiger partial charge is 0.495 e. The van der Waals surface area contributed by atoms with E-state index in [-0.39, 0.29) is 11.7 Å². The van der Waals surface area contributed by atoms with Gasteiger partial charge in [-0.25, -0.2) is 0 Å². The standard InChI is InChI=1S/C13H16Cl2O2/c1-8(4-5-9(2)16)11-6-10(14)7-12(15)13(11)17-3/h6-8H,4-5H2,1-3H3. The Labute approximate surface area is 112 Å². The molecule has 0 fully saturated rings. The van der Waals surface area contributed by atoms with Crippen LogP contribution in [0.3, 0.4) is 0 Å². The first-order valence-corrected chi connectivity index (χ1v) is 6.23. The molecule has 94 valence electrons. The number of benzene rings is 1. The van der Waals surface area contributed by atoms with Crippen molar-refractivity contribution >= 4 is 29.0 Å². The van der Waals surface area contributed by atoms with E-state index in [2.05, 4.69) is 0 Å². The van der Waals surface area contributed by atoms with E-state index in [0.717, 1.165) is 12.0 Å². The van der Waals surface area contributed by atoms with Gasteiger partial charge >= 0.3 is 0 Å². The molecule has 0 bridgehead atoms. The first-order valence-electron chi connectivity index (χ1n) is 5.48. The lowest BCUT2D eigenvalue weighted by Crippen LogP contribution is -2.01. The van der Waals surface area contributed by atoms with Crippen LogP contribution in [0.4, 0.5) is 0 Å². The molecule has 1 aromatic rings. The molecule has 4 heteroatoms. The fourth-order valence-corrected chi connectivity index (χ4v) is 2.32. The fraction of sp³-hybridized carbons (Fsp3) is 0.462. The Morgan fingerprint density at radius 1 is 1.41 bits per heavy atom. The van der Waals surface area contributed by atoms with Gasteiger partial charge in [-0.05, 0) is 37.0 Å². The number of hydrogen-bond acceptors (Lipinski definition) is 2. The molecular formula is C13H16Cl2O2. The van der Waals surface area contributed by atoms with Crippen molar-refractivity contribution in [2.24, 2.45) is 0 Å². The van der Waals surface area contributed by atoms with Gasteiger partial charge in [0, 0.05) is 11.4 Å². The van der Waals surface area contributed by atoms with Gasteiger partial charge < -0.3 is 9.53 Å². The molecule has 1 rings (SSSR count). The molecule has 1 aromatic carbocycles. The summed E-state index contributed by atoms with van der Waals surface area (Å²) in [5, 5.41) is 1.09. The number of carbonyl (C=O) groups is 1. The summed E-state index contributed by atoms with van der Waals surface area (Å²) in [6.45, 7) is 3.63. The maximum absolute atomic E-state index is 11.0. The highest BCUT2D eigenvalue weighted by Gasteiger charge is 2.16. The zero-order valence-corrected chi connectivity index (χ0v) is 11.7. The first-order chi connectivity index (χ1) is 7.95.